The Hall–Kier alpha value is -5.46. The molecule has 4 N–H and O–H groups in total. The zero-order chi connectivity index (χ0) is 36.0. The van der Waals surface area contributed by atoms with Gasteiger partial charge in [-0.3, -0.25) is 19.4 Å². The molecule has 0 radical (unpaired) electrons. The van der Waals surface area contributed by atoms with E-state index in [2.05, 4.69) is 0 Å². The van der Waals surface area contributed by atoms with Crippen LogP contribution in [0.5, 0.6) is 40.2 Å². The number of hydroxylamine groups is 1. The Morgan fingerprint density at radius 2 is 1.00 bits per heavy atom. The van der Waals surface area contributed by atoms with Crippen molar-refractivity contribution in [2.75, 3.05) is 41.0 Å². The van der Waals surface area contributed by atoms with E-state index in [1.54, 1.807) is 60.7 Å². The first-order valence-corrected chi connectivity index (χ1v) is 16.2. The summed E-state index contributed by atoms with van der Waals surface area (Å²) in [6, 6.07) is 21.5. The molecule has 0 fully saturated rings. The third-order valence-electron chi connectivity index (χ3n) is 8.12. The maximum Gasteiger partial charge on any atom is 0.238 e. The van der Waals surface area contributed by atoms with Crippen molar-refractivity contribution >= 4 is 11.7 Å². The second-order valence-electron chi connectivity index (χ2n) is 11.6. The summed E-state index contributed by atoms with van der Waals surface area (Å²) in [6.07, 6.45) is 1.80. The number of ether oxygens (including phenoxy) is 3. The van der Waals surface area contributed by atoms with Crippen LogP contribution < -0.4 is 14.2 Å². The van der Waals surface area contributed by atoms with Crippen molar-refractivity contribution in [1.82, 2.24) is 10.2 Å². The van der Waals surface area contributed by atoms with E-state index < -0.39 is 0 Å². The van der Waals surface area contributed by atoms with Crippen molar-refractivity contribution in [2.24, 2.45) is 0 Å². The minimum Gasteiger partial charge on any atom is -0.508 e. The van der Waals surface area contributed by atoms with Crippen molar-refractivity contribution in [3.8, 4) is 40.2 Å². The lowest BCUT2D eigenvalue weighted by molar-refractivity contribution is -0.271. The molecule has 0 heterocycles. The SMILES string of the molecule is COc1cc(CCC(=O)CON(CCc2ccc(O)cc2)N(CCc2ccc(O)c(OC)c2)C(=O)CCc2ccc(O)c(OC)c2)ccc1O. The first-order chi connectivity index (χ1) is 24.1. The smallest absolute Gasteiger partial charge is 0.238 e. The Morgan fingerprint density at radius 1 is 0.560 bits per heavy atom. The molecule has 4 rings (SSSR count). The maximum atomic E-state index is 14.0. The molecule has 1 amide bonds. The molecular weight excluding hydrogens is 644 g/mol. The number of hydrogen-bond donors (Lipinski definition) is 4. The van der Waals surface area contributed by atoms with Crippen LogP contribution in [0.2, 0.25) is 0 Å². The summed E-state index contributed by atoms with van der Waals surface area (Å²) in [5.41, 5.74) is 3.29. The Morgan fingerprint density at radius 3 is 1.50 bits per heavy atom. The van der Waals surface area contributed by atoms with Crippen molar-refractivity contribution < 1.29 is 49.1 Å². The van der Waals surface area contributed by atoms with Crippen LogP contribution in [-0.2, 0) is 40.1 Å². The average Bonchev–Trinajstić information content (AvgIpc) is 3.12. The molecule has 12 heteroatoms. The standard InChI is InChI=1S/C38H44N2O10/c1-47-35-22-27(7-14-32(35)43)6-13-31(42)25-50-40(21-19-26-4-11-30(41)12-5-26)39(20-18-29-9-16-34(45)37(24-29)49-3)38(46)17-10-28-8-15-33(44)36(23-28)48-2/h4-5,7-9,11-12,14-16,22-24,41,43-45H,6,10,13,17-21,25H2,1-3H3. The molecule has 0 unspecified atom stereocenters. The summed E-state index contributed by atoms with van der Waals surface area (Å²) in [5.74, 6) is 0.595. The monoisotopic (exact) mass is 688 g/mol. The van der Waals surface area contributed by atoms with Crippen LogP contribution in [0.1, 0.15) is 35.1 Å². The van der Waals surface area contributed by atoms with Gasteiger partial charge in [-0.05, 0) is 96.5 Å². The van der Waals surface area contributed by atoms with Gasteiger partial charge in [-0.25, -0.2) is 0 Å². The van der Waals surface area contributed by atoms with Gasteiger partial charge in [0.2, 0.25) is 5.91 Å². The highest BCUT2D eigenvalue weighted by Gasteiger charge is 2.24. The summed E-state index contributed by atoms with van der Waals surface area (Å²) in [5, 5.41) is 42.7. The molecule has 0 aliphatic heterocycles. The summed E-state index contributed by atoms with van der Waals surface area (Å²) in [4.78, 5) is 33.2. The van der Waals surface area contributed by atoms with E-state index in [0.29, 0.717) is 42.9 Å². The van der Waals surface area contributed by atoms with Gasteiger partial charge in [-0.2, -0.15) is 0 Å². The summed E-state index contributed by atoms with van der Waals surface area (Å²) >= 11 is 0. The van der Waals surface area contributed by atoms with Crippen molar-refractivity contribution in [2.45, 2.75) is 38.5 Å². The average molecular weight is 689 g/mol. The van der Waals surface area contributed by atoms with E-state index in [9.17, 15) is 30.0 Å². The molecule has 0 bridgehead atoms. The maximum absolute atomic E-state index is 14.0. The number of nitrogens with zero attached hydrogens (tertiary/aromatic N) is 2. The number of amides is 1. The lowest BCUT2D eigenvalue weighted by Gasteiger charge is -2.34. The number of Topliss-reactive ketones (excluding diaryl/α,β-unsaturated/α-hetero) is 1. The van der Waals surface area contributed by atoms with Gasteiger partial charge < -0.3 is 34.6 Å². The summed E-state index contributed by atoms with van der Waals surface area (Å²) in [7, 11) is 4.37. The van der Waals surface area contributed by atoms with E-state index in [1.807, 2.05) is 0 Å². The topological polar surface area (TPSA) is 158 Å². The van der Waals surface area contributed by atoms with Crippen LogP contribution in [-0.4, -0.2) is 83.3 Å². The van der Waals surface area contributed by atoms with Gasteiger partial charge >= 0.3 is 0 Å². The minimum absolute atomic E-state index is 0.00312. The fourth-order valence-electron chi connectivity index (χ4n) is 5.25. The van der Waals surface area contributed by atoms with Gasteiger partial charge in [0, 0.05) is 25.9 Å². The van der Waals surface area contributed by atoms with Crippen LogP contribution in [0.4, 0.5) is 0 Å². The Kier molecular flexibility index (Phi) is 13.7. The van der Waals surface area contributed by atoms with E-state index in [-0.39, 0.29) is 67.2 Å². The highest BCUT2D eigenvalue weighted by molar-refractivity contribution is 5.80. The van der Waals surface area contributed by atoms with E-state index >= 15 is 0 Å². The number of phenols is 4. The Labute approximate surface area is 291 Å². The van der Waals surface area contributed by atoms with Crippen LogP contribution in [0, 0.1) is 0 Å². The molecule has 12 nitrogen and oxygen atoms in total. The predicted molar refractivity (Wildman–Crippen MR) is 186 cm³/mol. The van der Waals surface area contributed by atoms with Crippen LogP contribution in [0.3, 0.4) is 0 Å². The highest BCUT2D eigenvalue weighted by atomic mass is 16.7. The molecule has 0 aliphatic rings. The van der Waals surface area contributed by atoms with Gasteiger partial charge in [0.25, 0.3) is 0 Å². The van der Waals surface area contributed by atoms with E-state index in [1.165, 1.54) is 49.7 Å². The van der Waals surface area contributed by atoms with Crippen LogP contribution >= 0.6 is 0 Å². The van der Waals surface area contributed by atoms with Crippen molar-refractivity contribution in [1.29, 1.82) is 0 Å². The number of benzene rings is 4. The van der Waals surface area contributed by atoms with Crippen LogP contribution in [0.15, 0.2) is 78.9 Å². The van der Waals surface area contributed by atoms with Gasteiger partial charge in [0.15, 0.2) is 40.3 Å². The number of phenolic OH excluding ortho intramolecular Hbond substituents is 4. The zero-order valence-corrected chi connectivity index (χ0v) is 28.5. The lowest BCUT2D eigenvalue weighted by Crippen LogP contribution is -2.49. The second-order valence-corrected chi connectivity index (χ2v) is 11.6. The molecule has 266 valence electrons. The number of rotatable bonds is 19. The minimum atomic E-state index is -0.295. The fourth-order valence-corrected chi connectivity index (χ4v) is 5.25. The van der Waals surface area contributed by atoms with Crippen molar-refractivity contribution in [3.63, 3.8) is 0 Å². The molecule has 0 saturated heterocycles. The molecule has 0 atom stereocenters. The summed E-state index contributed by atoms with van der Waals surface area (Å²) < 4.78 is 15.7. The molecule has 50 heavy (non-hydrogen) atoms. The van der Waals surface area contributed by atoms with Gasteiger partial charge in [-0.15, -0.1) is 0 Å². The third kappa shape index (κ3) is 10.8. The molecule has 0 spiro atoms. The number of aryl methyl sites for hydroxylation is 2. The summed E-state index contributed by atoms with van der Waals surface area (Å²) in [6.45, 7) is 0.102. The molecule has 0 aromatic heterocycles. The second kappa shape index (κ2) is 18.3. The molecular formula is C38H44N2O10. The highest BCUT2D eigenvalue weighted by Crippen LogP contribution is 2.29. The molecule has 4 aromatic carbocycles. The first kappa shape index (κ1) is 37.4. The number of carbonyl (C=O) groups is 2. The normalized spacial score (nSPS) is 11.0. The predicted octanol–water partition coefficient (Wildman–Crippen LogP) is 5.13. The Balaban J connectivity index is 1.54. The number of ketones is 1. The van der Waals surface area contributed by atoms with E-state index in [4.69, 9.17) is 19.0 Å². The Bertz CT molecular complexity index is 1730. The zero-order valence-electron chi connectivity index (χ0n) is 28.5. The number of methoxy groups -OCH3 is 3. The number of hydrazine groups is 1. The van der Waals surface area contributed by atoms with Crippen LogP contribution in [0.25, 0.3) is 0 Å². The number of aromatic hydroxyl groups is 4. The van der Waals surface area contributed by atoms with Crippen molar-refractivity contribution in [3.05, 3.63) is 101 Å². The molecule has 0 saturated carbocycles. The number of hydrogen-bond acceptors (Lipinski definition) is 11. The quantitative estimate of drug-likeness (QED) is 0.0968. The first-order valence-electron chi connectivity index (χ1n) is 16.2. The van der Waals surface area contributed by atoms with Gasteiger partial charge in [0.05, 0.1) is 21.3 Å². The largest absolute Gasteiger partial charge is 0.508 e. The molecule has 4 aromatic rings. The lowest BCUT2D eigenvalue weighted by atomic mass is 10.1. The third-order valence-corrected chi connectivity index (χ3v) is 8.12. The van der Waals surface area contributed by atoms with E-state index in [0.717, 1.165) is 22.3 Å². The van der Waals surface area contributed by atoms with Gasteiger partial charge in [0.1, 0.15) is 12.4 Å². The number of carbonyl (C=O) groups excluding carboxylic acids is 2. The molecule has 0 aliphatic carbocycles. The van der Waals surface area contributed by atoms with Gasteiger partial charge in [-0.1, -0.05) is 35.5 Å². The fraction of sp³-hybridized carbons (Fsp3) is 0.316.